The molecule has 1 saturated heterocycles. The third-order valence-electron chi connectivity index (χ3n) is 12.5. The van der Waals surface area contributed by atoms with Crippen molar-refractivity contribution >= 4 is 24.1 Å². The Morgan fingerprint density at radius 3 is 2.26 bits per heavy atom. The summed E-state index contributed by atoms with van der Waals surface area (Å²) in [6, 6.07) is 7.58. The van der Waals surface area contributed by atoms with Gasteiger partial charge in [0.1, 0.15) is 29.5 Å². The molecular formula is C35H47NO11. The molecule has 0 aromatic heterocycles. The van der Waals surface area contributed by atoms with Crippen LogP contribution in [0.2, 0.25) is 0 Å². The van der Waals surface area contributed by atoms with Gasteiger partial charge in [0, 0.05) is 31.4 Å². The second kappa shape index (κ2) is 11.8. The van der Waals surface area contributed by atoms with Gasteiger partial charge in [-0.1, -0.05) is 39.0 Å². The second-order valence-corrected chi connectivity index (χ2v) is 14.6. The van der Waals surface area contributed by atoms with E-state index in [0.717, 1.165) is 0 Å². The van der Waals surface area contributed by atoms with Gasteiger partial charge >= 0.3 is 11.9 Å². The molecule has 1 aromatic rings. The van der Waals surface area contributed by atoms with E-state index in [1.807, 2.05) is 0 Å². The van der Waals surface area contributed by atoms with Crippen LogP contribution in [0, 0.1) is 22.2 Å². The number of ether oxygens (including phenoxy) is 4. The third kappa shape index (κ3) is 4.66. The zero-order valence-electron chi connectivity index (χ0n) is 28.2. The fourth-order valence-electron chi connectivity index (χ4n) is 8.84. The molecule has 4 N–H and O–H groups in total. The predicted molar refractivity (Wildman–Crippen MR) is 167 cm³/mol. The molecule has 258 valence electrons. The highest BCUT2D eigenvalue weighted by Crippen LogP contribution is 2.69. The van der Waals surface area contributed by atoms with Gasteiger partial charge in [0.2, 0.25) is 6.41 Å². The first-order valence-corrected chi connectivity index (χ1v) is 16.1. The number of esters is 2. The Kier molecular flexibility index (Phi) is 8.80. The summed E-state index contributed by atoms with van der Waals surface area (Å²) in [5.41, 5.74) is -8.27. The van der Waals surface area contributed by atoms with Gasteiger partial charge in [-0.15, -0.1) is 0 Å². The lowest BCUT2D eigenvalue weighted by Gasteiger charge is -2.72. The normalized spacial score (nSPS) is 40.3. The van der Waals surface area contributed by atoms with E-state index in [9.17, 15) is 34.5 Å². The summed E-state index contributed by atoms with van der Waals surface area (Å²) in [5.74, 6) is -2.98. The van der Waals surface area contributed by atoms with Gasteiger partial charge < -0.3 is 39.6 Å². The zero-order valence-corrected chi connectivity index (χ0v) is 28.2. The topological polar surface area (TPSA) is 178 Å². The van der Waals surface area contributed by atoms with Crippen molar-refractivity contribution in [2.24, 2.45) is 22.2 Å². The number of rotatable bonds is 8. The van der Waals surface area contributed by atoms with Crippen molar-refractivity contribution in [1.82, 2.24) is 5.32 Å². The molecule has 1 amide bonds. The van der Waals surface area contributed by atoms with Crippen molar-refractivity contribution in [1.29, 1.82) is 0 Å². The lowest BCUT2D eigenvalue weighted by Crippen LogP contribution is -2.85. The summed E-state index contributed by atoms with van der Waals surface area (Å²) >= 11 is 0. The Bertz CT molecular complexity index is 1480. The van der Waals surface area contributed by atoms with E-state index >= 15 is 0 Å². The van der Waals surface area contributed by atoms with Crippen LogP contribution >= 0.6 is 0 Å². The van der Waals surface area contributed by atoms with E-state index in [-0.39, 0.29) is 30.6 Å². The van der Waals surface area contributed by atoms with E-state index in [2.05, 4.69) is 5.32 Å². The van der Waals surface area contributed by atoms with Crippen LogP contribution in [0.25, 0.3) is 0 Å². The number of aliphatic hydroxyl groups excluding tert-OH is 1. The van der Waals surface area contributed by atoms with Crippen LogP contribution in [0.5, 0.6) is 0 Å². The number of Topliss-reactive ketones (excluding diaryl/α,β-unsaturated/α-hetero) is 1. The molecule has 3 aliphatic carbocycles. The molecule has 1 heterocycles. The number of hydrogen-bond donors (Lipinski definition) is 4. The molecule has 3 fully saturated rings. The number of hydrogen-bond acceptors (Lipinski definition) is 11. The number of carbonyl (C=O) groups is 4. The molecule has 5 rings (SSSR count). The van der Waals surface area contributed by atoms with Crippen LogP contribution in [-0.4, -0.2) is 101 Å². The Labute approximate surface area is 274 Å². The smallest absolute Gasteiger partial charge is 0.338 e. The molecular weight excluding hydrogens is 610 g/mol. The van der Waals surface area contributed by atoms with Gasteiger partial charge in [-0.05, 0) is 51.0 Å². The number of amides is 1. The van der Waals surface area contributed by atoms with E-state index in [1.54, 1.807) is 78.8 Å². The van der Waals surface area contributed by atoms with Crippen LogP contribution in [0.1, 0.15) is 71.7 Å². The predicted octanol–water partition coefficient (Wildman–Crippen LogP) is 1.88. The van der Waals surface area contributed by atoms with E-state index < -0.39 is 87.6 Å². The first-order valence-electron chi connectivity index (χ1n) is 16.1. The lowest BCUT2D eigenvalue weighted by molar-refractivity contribution is -0.381. The summed E-state index contributed by atoms with van der Waals surface area (Å²) in [4.78, 5) is 53.3. The molecule has 0 radical (unpaired) electrons. The van der Waals surface area contributed by atoms with Crippen LogP contribution < -0.4 is 5.32 Å². The Hall–Kier alpha value is -3.16. The van der Waals surface area contributed by atoms with Crippen LogP contribution in [0.15, 0.2) is 41.5 Å². The maximum atomic E-state index is 14.9. The van der Waals surface area contributed by atoms with Gasteiger partial charge in [-0.25, -0.2) is 4.79 Å². The highest BCUT2D eigenvalue weighted by molar-refractivity contribution is 5.94. The summed E-state index contributed by atoms with van der Waals surface area (Å²) in [6.07, 6.45) is -6.04. The Balaban J connectivity index is 1.77. The molecule has 0 spiro atoms. The minimum Gasteiger partial charge on any atom is -0.457 e. The number of nitrogens with one attached hydrogen (secondary N) is 1. The molecule has 1 aliphatic heterocycles. The second-order valence-electron chi connectivity index (χ2n) is 14.6. The first-order chi connectivity index (χ1) is 21.9. The van der Waals surface area contributed by atoms with E-state index in [0.29, 0.717) is 12.0 Å². The van der Waals surface area contributed by atoms with Crippen molar-refractivity contribution in [2.45, 2.75) is 109 Å². The van der Waals surface area contributed by atoms with Crippen molar-refractivity contribution < 1.29 is 53.4 Å². The maximum absolute atomic E-state index is 14.9. The van der Waals surface area contributed by atoms with Crippen LogP contribution in [0.3, 0.4) is 0 Å². The van der Waals surface area contributed by atoms with Crippen LogP contribution in [-0.2, 0) is 33.3 Å². The standard InChI is InChI=1S/C35H47NO11/c1-18(20(3)36-17-37)28(40)46-22-15-34(42)30(47-29(41)21-12-10-9-11-13-21)33(7)32(6,23(44-8)14-24-35(33,43)16-45-24)27(39)26(38)25(19(22)2)31(34,4)5/h9-13,17-18,20,22-24,26,30,38,42-43H,14-16H2,1-8H3,(H,36,37)/t18-,20?,22?,23?,24?,26?,30?,32+,33?,34?,35+/m1/s1. The van der Waals surface area contributed by atoms with Gasteiger partial charge in [0.05, 0.1) is 41.1 Å². The lowest BCUT2D eigenvalue weighted by atomic mass is 9.38. The van der Waals surface area contributed by atoms with Crippen molar-refractivity contribution in [3.8, 4) is 0 Å². The van der Waals surface area contributed by atoms with E-state index in [1.165, 1.54) is 7.11 Å². The van der Waals surface area contributed by atoms with E-state index in [4.69, 9.17) is 18.9 Å². The van der Waals surface area contributed by atoms with Gasteiger partial charge in [0.15, 0.2) is 5.78 Å². The molecule has 2 bridgehead atoms. The summed E-state index contributed by atoms with van der Waals surface area (Å²) in [5, 5.41) is 40.4. The third-order valence-corrected chi connectivity index (χ3v) is 12.5. The molecule has 12 nitrogen and oxygen atoms in total. The number of fused-ring (bicyclic) bond motifs is 5. The fourth-order valence-corrected chi connectivity index (χ4v) is 8.84. The number of methoxy groups -OCH3 is 1. The Morgan fingerprint density at radius 1 is 1.06 bits per heavy atom. The van der Waals surface area contributed by atoms with Gasteiger partial charge in [-0.3, -0.25) is 14.4 Å². The maximum Gasteiger partial charge on any atom is 0.338 e. The summed E-state index contributed by atoms with van der Waals surface area (Å²) < 4.78 is 24.1. The number of ketones is 1. The zero-order chi connectivity index (χ0) is 34.9. The molecule has 47 heavy (non-hydrogen) atoms. The minimum absolute atomic E-state index is 0.113. The number of carbonyl (C=O) groups excluding carboxylic acids is 4. The van der Waals surface area contributed by atoms with Gasteiger partial charge in [0.25, 0.3) is 0 Å². The van der Waals surface area contributed by atoms with Crippen molar-refractivity contribution in [3.63, 3.8) is 0 Å². The Morgan fingerprint density at radius 2 is 1.70 bits per heavy atom. The molecule has 12 heteroatoms. The molecule has 1 aromatic carbocycles. The van der Waals surface area contributed by atoms with Crippen molar-refractivity contribution in [3.05, 3.63) is 47.0 Å². The number of aliphatic hydroxyl groups is 3. The summed E-state index contributed by atoms with van der Waals surface area (Å²) in [7, 11) is 1.42. The largest absolute Gasteiger partial charge is 0.457 e. The average molecular weight is 658 g/mol. The van der Waals surface area contributed by atoms with Crippen LogP contribution in [0.4, 0.5) is 0 Å². The molecule has 2 saturated carbocycles. The first kappa shape index (κ1) is 35.2. The minimum atomic E-state index is -2.14. The highest BCUT2D eigenvalue weighted by atomic mass is 16.6. The SMILES string of the molecule is COC1CC2OC[C@@]2(O)C2(C)C(OC(=O)c3ccccc3)C3(O)CC(OC(=O)[C@H](C)C(C)NC=O)C(C)=C(C(O)C(=O)[C@]12C)C3(C)C. The quantitative estimate of drug-likeness (QED) is 0.182. The monoisotopic (exact) mass is 657 g/mol. The fraction of sp³-hybridized carbons (Fsp3) is 0.657. The molecule has 8 unspecified atom stereocenters. The average Bonchev–Trinajstić information content (AvgIpc) is 3.03. The highest BCUT2D eigenvalue weighted by Gasteiger charge is 2.82. The van der Waals surface area contributed by atoms with Gasteiger partial charge in [-0.2, -0.15) is 0 Å². The number of benzene rings is 1. The van der Waals surface area contributed by atoms with Crippen molar-refractivity contribution in [2.75, 3.05) is 13.7 Å². The summed E-state index contributed by atoms with van der Waals surface area (Å²) in [6.45, 7) is 11.1. The molecule has 4 aliphatic rings. The molecule has 11 atom stereocenters.